The Balaban J connectivity index is 3.73. The number of carbonyl (C=O) groups is 2. The zero-order valence-corrected chi connectivity index (χ0v) is 18.2. The molecular formula is C22H43NO4. The SMILES string of the molecule is CCCCCCCCOC(=O)C(C)NC(C)C(=O)OCCCCCCCC. The fourth-order valence-electron chi connectivity index (χ4n) is 2.87. The minimum Gasteiger partial charge on any atom is -0.465 e. The normalized spacial score (nSPS) is 13.2. The van der Waals surface area contributed by atoms with Gasteiger partial charge in [-0.05, 0) is 26.7 Å². The van der Waals surface area contributed by atoms with Gasteiger partial charge in [0.2, 0.25) is 0 Å². The van der Waals surface area contributed by atoms with Gasteiger partial charge in [-0.2, -0.15) is 0 Å². The van der Waals surface area contributed by atoms with E-state index in [9.17, 15) is 9.59 Å². The van der Waals surface area contributed by atoms with Gasteiger partial charge in [-0.3, -0.25) is 14.9 Å². The van der Waals surface area contributed by atoms with Crippen LogP contribution in [-0.4, -0.2) is 37.2 Å². The molecule has 0 aliphatic heterocycles. The summed E-state index contributed by atoms with van der Waals surface area (Å²) in [5.74, 6) is -0.613. The predicted molar refractivity (Wildman–Crippen MR) is 111 cm³/mol. The van der Waals surface area contributed by atoms with Gasteiger partial charge < -0.3 is 9.47 Å². The van der Waals surface area contributed by atoms with Crippen molar-refractivity contribution in [1.82, 2.24) is 5.32 Å². The first-order valence-corrected chi connectivity index (χ1v) is 11.1. The highest BCUT2D eigenvalue weighted by molar-refractivity contribution is 5.79. The molecule has 160 valence electrons. The highest BCUT2D eigenvalue weighted by Gasteiger charge is 2.21. The van der Waals surface area contributed by atoms with Crippen LogP contribution in [-0.2, 0) is 19.1 Å². The summed E-state index contributed by atoms with van der Waals surface area (Å²) in [6.07, 6.45) is 13.9. The highest BCUT2D eigenvalue weighted by atomic mass is 16.5. The van der Waals surface area contributed by atoms with Gasteiger partial charge in [0, 0.05) is 0 Å². The number of unbranched alkanes of at least 4 members (excludes halogenated alkanes) is 10. The van der Waals surface area contributed by atoms with Crippen LogP contribution in [0.15, 0.2) is 0 Å². The number of hydrogen-bond acceptors (Lipinski definition) is 5. The van der Waals surface area contributed by atoms with E-state index < -0.39 is 12.1 Å². The van der Waals surface area contributed by atoms with E-state index in [-0.39, 0.29) is 11.9 Å². The van der Waals surface area contributed by atoms with E-state index in [2.05, 4.69) is 19.2 Å². The summed E-state index contributed by atoms with van der Waals surface area (Å²) < 4.78 is 10.6. The number of carbonyl (C=O) groups excluding carboxylic acids is 2. The number of rotatable bonds is 18. The van der Waals surface area contributed by atoms with Crippen LogP contribution in [0.1, 0.15) is 105 Å². The second-order valence-corrected chi connectivity index (χ2v) is 7.48. The van der Waals surface area contributed by atoms with Crippen molar-refractivity contribution in [1.29, 1.82) is 0 Å². The van der Waals surface area contributed by atoms with Gasteiger partial charge >= 0.3 is 11.9 Å². The number of esters is 2. The van der Waals surface area contributed by atoms with E-state index in [4.69, 9.17) is 9.47 Å². The van der Waals surface area contributed by atoms with Crippen LogP contribution >= 0.6 is 0 Å². The van der Waals surface area contributed by atoms with Crippen LogP contribution in [0.2, 0.25) is 0 Å². The van der Waals surface area contributed by atoms with Crippen LogP contribution in [0.5, 0.6) is 0 Å². The molecule has 0 saturated heterocycles. The second-order valence-electron chi connectivity index (χ2n) is 7.48. The lowest BCUT2D eigenvalue weighted by Crippen LogP contribution is -2.45. The van der Waals surface area contributed by atoms with Crippen molar-refractivity contribution >= 4 is 11.9 Å². The van der Waals surface area contributed by atoms with E-state index in [0.717, 1.165) is 25.7 Å². The summed E-state index contributed by atoms with van der Waals surface area (Å²) in [6, 6.07) is -1.02. The van der Waals surface area contributed by atoms with E-state index in [1.54, 1.807) is 13.8 Å². The molecule has 0 aromatic heterocycles. The Hall–Kier alpha value is -1.10. The molecule has 0 amide bonds. The maximum absolute atomic E-state index is 12.0. The van der Waals surface area contributed by atoms with Gasteiger partial charge in [0.1, 0.15) is 12.1 Å². The minimum atomic E-state index is -0.512. The molecule has 2 atom stereocenters. The Bertz CT molecular complexity index is 339. The van der Waals surface area contributed by atoms with Crippen molar-refractivity contribution in [3.63, 3.8) is 0 Å². The van der Waals surface area contributed by atoms with Crippen LogP contribution in [0.3, 0.4) is 0 Å². The molecule has 1 N–H and O–H groups in total. The molecule has 0 rings (SSSR count). The van der Waals surface area contributed by atoms with E-state index >= 15 is 0 Å². The van der Waals surface area contributed by atoms with Crippen LogP contribution in [0, 0.1) is 0 Å². The summed E-state index contributed by atoms with van der Waals surface area (Å²) in [4.78, 5) is 24.0. The first-order valence-electron chi connectivity index (χ1n) is 11.1. The highest BCUT2D eigenvalue weighted by Crippen LogP contribution is 2.06. The molecule has 27 heavy (non-hydrogen) atoms. The lowest BCUT2D eigenvalue weighted by Gasteiger charge is -2.18. The Morgan fingerprint density at radius 3 is 1.33 bits per heavy atom. The lowest BCUT2D eigenvalue weighted by atomic mass is 10.1. The molecule has 5 nitrogen and oxygen atoms in total. The van der Waals surface area contributed by atoms with Crippen molar-refractivity contribution in [3.8, 4) is 0 Å². The average molecular weight is 386 g/mol. The Labute approximate surface area is 167 Å². The van der Waals surface area contributed by atoms with Gasteiger partial charge in [0.05, 0.1) is 13.2 Å². The van der Waals surface area contributed by atoms with Crippen LogP contribution in [0.25, 0.3) is 0 Å². The summed E-state index contributed by atoms with van der Waals surface area (Å²) in [7, 11) is 0. The van der Waals surface area contributed by atoms with Gasteiger partial charge in [-0.15, -0.1) is 0 Å². The number of nitrogens with one attached hydrogen (secondary N) is 1. The third kappa shape index (κ3) is 15.6. The summed E-state index contributed by atoms with van der Waals surface area (Å²) in [5.41, 5.74) is 0. The fourth-order valence-corrected chi connectivity index (χ4v) is 2.87. The molecule has 0 spiro atoms. The molecule has 0 fully saturated rings. The number of hydrogen-bond donors (Lipinski definition) is 1. The van der Waals surface area contributed by atoms with E-state index in [1.165, 1.54) is 51.4 Å². The molecule has 2 unspecified atom stereocenters. The first-order chi connectivity index (χ1) is 13.0. The Morgan fingerprint density at radius 1 is 0.630 bits per heavy atom. The first kappa shape index (κ1) is 25.9. The molecule has 0 bridgehead atoms. The second kappa shape index (κ2) is 18.3. The largest absolute Gasteiger partial charge is 0.465 e. The Morgan fingerprint density at radius 2 is 0.963 bits per heavy atom. The summed E-state index contributed by atoms with van der Waals surface area (Å²) in [5, 5.41) is 2.97. The third-order valence-corrected chi connectivity index (χ3v) is 4.69. The molecule has 0 heterocycles. The maximum Gasteiger partial charge on any atom is 0.322 e. The van der Waals surface area contributed by atoms with Gasteiger partial charge in [0.15, 0.2) is 0 Å². The fraction of sp³-hybridized carbons (Fsp3) is 0.909. The summed E-state index contributed by atoms with van der Waals surface area (Å²) in [6.45, 7) is 8.74. The molecule has 0 aromatic rings. The van der Waals surface area contributed by atoms with Gasteiger partial charge in [-0.25, -0.2) is 0 Å². The van der Waals surface area contributed by atoms with Crippen molar-refractivity contribution in [3.05, 3.63) is 0 Å². The molecule has 5 heteroatoms. The van der Waals surface area contributed by atoms with Gasteiger partial charge in [-0.1, -0.05) is 78.1 Å². The number of ether oxygens (including phenoxy) is 2. The molecule has 0 aliphatic carbocycles. The smallest absolute Gasteiger partial charge is 0.322 e. The standard InChI is InChI=1S/C22H43NO4/c1-5-7-9-11-13-15-17-26-21(24)19(3)23-20(4)22(25)27-18-16-14-12-10-8-6-2/h19-20,23H,5-18H2,1-4H3. The van der Waals surface area contributed by atoms with E-state index in [0.29, 0.717) is 13.2 Å². The van der Waals surface area contributed by atoms with Crippen molar-refractivity contribution < 1.29 is 19.1 Å². The molecule has 0 aliphatic rings. The molecule has 0 aromatic carbocycles. The van der Waals surface area contributed by atoms with Crippen molar-refractivity contribution in [2.75, 3.05) is 13.2 Å². The molecule has 0 radical (unpaired) electrons. The minimum absolute atomic E-state index is 0.306. The van der Waals surface area contributed by atoms with Crippen molar-refractivity contribution in [2.24, 2.45) is 0 Å². The Kier molecular flexibility index (Phi) is 17.5. The lowest BCUT2D eigenvalue weighted by molar-refractivity contribution is -0.148. The van der Waals surface area contributed by atoms with Crippen LogP contribution < -0.4 is 5.32 Å². The summed E-state index contributed by atoms with van der Waals surface area (Å²) >= 11 is 0. The maximum atomic E-state index is 12.0. The average Bonchev–Trinajstić information content (AvgIpc) is 2.66. The zero-order chi connectivity index (χ0) is 20.3. The van der Waals surface area contributed by atoms with E-state index in [1.807, 2.05) is 0 Å². The van der Waals surface area contributed by atoms with Crippen LogP contribution in [0.4, 0.5) is 0 Å². The predicted octanol–water partition coefficient (Wildman–Crippen LogP) is 5.16. The third-order valence-electron chi connectivity index (χ3n) is 4.69. The topological polar surface area (TPSA) is 64.6 Å². The van der Waals surface area contributed by atoms with Crippen molar-refractivity contribution in [2.45, 2.75) is 117 Å². The monoisotopic (exact) mass is 385 g/mol. The molecule has 0 saturated carbocycles. The van der Waals surface area contributed by atoms with Gasteiger partial charge in [0.25, 0.3) is 0 Å². The molecular weight excluding hydrogens is 342 g/mol. The zero-order valence-electron chi connectivity index (χ0n) is 18.2. The quantitative estimate of drug-likeness (QED) is 0.261.